The molecule has 0 fully saturated rings. The van der Waals surface area contributed by atoms with Crippen molar-refractivity contribution in [2.45, 2.75) is 24.8 Å². The van der Waals surface area contributed by atoms with Gasteiger partial charge in [0.2, 0.25) is 5.82 Å². The minimum Gasteiger partial charge on any atom is -0.456 e. The van der Waals surface area contributed by atoms with Gasteiger partial charge in [-0.2, -0.15) is 4.98 Å². The lowest BCUT2D eigenvalue weighted by molar-refractivity contribution is -0.145. The molecule has 3 aromatic rings. The molecule has 0 saturated carbocycles. The highest BCUT2D eigenvalue weighted by molar-refractivity contribution is 7.99. The number of thioether (sulfide) groups is 1. The van der Waals surface area contributed by atoms with Gasteiger partial charge in [-0.3, -0.25) is 4.79 Å². The second-order valence-corrected chi connectivity index (χ2v) is 7.14. The monoisotopic (exact) mass is 388 g/mol. The van der Waals surface area contributed by atoms with Crippen molar-refractivity contribution in [1.82, 2.24) is 10.1 Å². The summed E-state index contributed by atoms with van der Waals surface area (Å²) in [4.78, 5) is 17.2. The lowest BCUT2D eigenvalue weighted by atomic mass is 10.1. The van der Waals surface area contributed by atoms with Crippen LogP contribution in [0.4, 0.5) is 0 Å². The van der Waals surface area contributed by atoms with Gasteiger partial charge in [0.05, 0.1) is 6.42 Å². The van der Waals surface area contributed by atoms with E-state index in [-0.39, 0.29) is 18.5 Å². The highest BCUT2D eigenvalue weighted by Crippen LogP contribution is 2.22. The molecule has 0 radical (unpaired) electrons. The minimum absolute atomic E-state index is 0.0245. The van der Waals surface area contributed by atoms with Crippen LogP contribution in [-0.2, 0) is 16.1 Å². The number of hydrogen-bond acceptors (Lipinski definition) is 6. The molecule has 0 spiro atoms. The summed E-state index contributed by atoms with van der Waals surface area (Å²) in [5, 5.41) is 4.63. The Balaban J connectivity index is 1.45. The number of aromatic nitrogens is 2. The molecule has 0 N–H and O–H groups in total. The Labute approximate surface area is 160 Å². The number of esters is 1. The number of nitrogens with zero attached hydrogens (tertiary/aromatic N) is 2. The molecular weight excluding hydrogens is 372 g/mol. The summed E-state index contributed by atoms with van der Waals surface area (Å²) < 4.78 is 10.3. The average Bonchev–Trinajstić information content (AvgIpc) is 3.11. The van der Waals surface area contributed by atoms with Crippen LogP contribution in [0.15, 0.2) is 57.9 Å². The number of halogens is 1. The van der Waals surface area contributed by atoms with E-state index in [1.54, 1.807) is 11.8 Å². The third-order valence-electron chi connectivity index (χ3n) is 3.60. The van der Waals surface area contributed by atoms with Crippen LogP contribution in [0.25, 0.3) is 11.4 Å². The van der Waals surface area contributed by atoms with Gasteiger partial charge in [0, 0.05) is 21.2 Å². The maximum absolute atomic E-state index is 11.8. The SMILES string of the molecule is Cc1ccccc1-c1noc(COC(=O)CCSc2ccc(Cl)cc2)n1. The average molecular weight is 389 g/mol. The molecule has 5 nitrogen and oxygen atoms in total. The zero-order valence-electron chi connectivity index (χ0n) is 14.1. The first-order chi connectivity index (χ1) is 12.6. The van der Waals surface area contributed by atoms with E-state index in [0.717, 1.165) is 16.0 Å². The van der Waals surface area contributed by atoms with E-state index in [1.807, 2.05) is 55.5 Å². The van der Waals surface area contributed by atoms with Gasteiger partial charge in [-0.25, -0.2) is 0 Å². The molecule has 0 aliphatic heterocycles. The second-order valence-electron chi connectivity index (χ2n) is 5.54. The van der Waals surface area contributed by atoms with E-state index in [0.29, 0.717) is 23.0 Å². The number of carbonyl (C=O) groups is 1. The predicted molar refractivity (Wildman–Crippen MR) is 101 cm³/mol. The molecule has 1 aromatic heterocycles. The van der Waals surface area contributed by atoms with E-state index in [4.69, 9.17) is 20.9 Å². The van der Waals surface area contributed by atoms with Crippen molar-refractivity contribution in [3.63, 3.8) is 0 Å². The van der Waals surface area contributed by atoms with E-state index in [2.05, 4.69) is 10.1 Å². The standard InChI is InChI=1S/C19H17ClN2O3S/c1-13-4-2-3-5-16(13)19-21-17(25-22-19)12-24-18(23)10-11-26-15-8-6-14(20)7-9-15/h2-9H,10-12H2,1H3. The second kappa shape index (κ2) is 8.87. The zero-order valence-corrected chi connectivity index (χ0v) is 15.7. The Morgan fingerprint density at radius 2 is 1.96 bits per heavy atom. The quantitative estimate of drug-likeness (QED) is 0.422. The van der Waals surface area contributed by atoms with Gasteiger partial charge >= 0.3 is 5.97 Å². The molecule has 0 amide bonds. The topological polar surface area (TPSA) is 65.2 Å². The molecule has 3 rings (SSSR count). The van der Waals surface area contributed by atoms with Gasteiger partial charge in [-0.1, -0.05) is 41.0 Å². The third kappa shape index (κ3) is 5.09. The van der Waals surface area contributed by atoms with Crippen LogP contribution < -0.4 is 0 Å². The number of aryl methyl sites for hydroxylation is 1. The summed E-state index contributed by atoms with van der Waals surface area (Å²) in [7, 11) is 0. The molecule has 0 aliphatic carbocycles. The van der Waals surface area contributed by atoms with Crippen LogP contribution in [0.1, 0.15) is 17.9 Å². The first-order valence-electron chi connectivity index (χ1n) is 8.04. The number of carbonyl (C=O) groups excluding carboxylic acids is 1. The summed E-state index contributed by atoms with van der Waals surface area (Å²) in [6.07, 6.45) is 0.298. The van der Waals surface area contributed by atoms with Crippen molar-refractivity contribution in [2.75, 3.05) is 5.75 Å². The molecule has 0 bridgehead atoms. The molecule has 0 saturated heterocycles. The minimum atomic E-state index is -0.304. The van der Waals surface area contributed by atoms with E-state index in [1.165, 1.54) is 0 Å². The molecule has 0 unspecified atom stereocenters. The van der Waals surface area contributed by atoms with Crippen molar-refractivity contribution in [3.8, 4) is 11.4 Å². The largest absolute Gasteiger partial charge is 0.456 e. The fraction of sp³-hybridized carbons (Fsp3) is 0.211. The van der Waals surface area contributed by atoms with Crippen LogP contribution in [0, 0.1) is 6.92 Å². The fourth-order valence-corrected chi connectivity index (χ4v) is 3.20. The van der Waals surface area contributed by atoms with Crippen molar-refractivity contribution in [3.05, 3.63) is 65.0 Å². The molecule has 0 aliphatic rings. The summed E-state index contributed by atoms with van der Waals surface area (Å²) in [6.45, 7) is 1.95. The lowest BCUT2D eigenvalue weighted by Crippen LogP contribution is -2.05. The number of hydrogen-bond donors (Lipinski definition) is 0. The van der Waals surface area contributed by atoms with Crippen LogP contribution in [0.2, 0.25) is 5.02 Å². The van der Waals surface area contributed by atoms with Crippen molar-refractivity contribution >= 4 is 29.3 Å². The first-order valence-corrected chi connectivity index (χ1v) is 9.41. The van der Waals surface area contributed by atoms with Gasteiger partial charge in [0.15, 0.2) is 6.61 Å². The number of ether oxygens (including phenoxy) is 1. The molecule has 1 heterocycles. The van der Waals surface area contributed by atoms with Gasteiger partial charge in [-0.15, -0.1) is 11.8 Å². The fourth-order valence-electron chi connectivity index (χ4n) is 2.24. The van der Waals surface area contributed by atoms with Gasteiger partial charge in [-0.05, 0) is 36.8 Å². The summed E-state index contributed by atoms with van der Waals surface area (Å²) in [5.74, 6) is 1.09. The predicted octanol–water partition coefficient (Wildman–Crippen LogP) is 4.92. The van der Waals surface area contributed by atoms with Crippen LogP contribution >= 0.6 is 23.4 Å². The maximum Gasteiger partial charge on any atom is 0.307 e. The van der Waals surface area contributed by atoms with Crippen molar-refractivity contribution in [1.29, 1.82) is 0 Å². The lowest BCUT2D eigenvalue weighted by Gasteiger charge is -2.03. The highest BCUT2D eigenvalue weighted by Gasteiger charge is 2.12. The molecule has 7 heteroatoms. The van der Waals surface area contributed by atoms with Gasteiger partial charge in [0.1, 0.15) is 0 Å². The van der Waals surface area contributed by atoms with E-state index < -0.39 is 0 Å². The maximum atomic E-state index is 11.8. The smallest absolute Gasteiger partial charge is 0.307 e. The summed E-state index contributed by atoms with van der Waals surface area (Å²) >= 11 is 7.41. The van der Waals surface area contributed by atoms with E-state index in [9.17, 15) is 4.79 Å². The van der Waals surface area contributed by atoms with Crippen molar-refractivity contribution in [2.24, 2.45) is 0 Å². The third-order valence-corrected chi connectivity index (χ3v) is 4.86. The van der Waals surface area contributed by atoms with E-state index >= 15 is 0 Å². The van der Waals surface area contributed by atoms with Crippen LogP contribution in [0.3, 0.4) is 0 Å². The molecular formula is C19H17ClN2O3S. The van der Waals surface area contributed by atoms with Gasteiger partial charge < -0.3 is 9.26 Å². The normalized spacial score (nSPS) is 10.7. The molecule has 26 heavy (non-hydrogen) atoms. The first kappa shape index (κ1) is 18.5. The van der Waals surface area contributed by atoms with Crippen molar-refractivity contribution < 1.29 is 14.1 Å². The Bertz CT molecular complexity index is 881. The van der Waals surface area contributed by atoms with Gasteiger partial charge in [0.25, 0.3) is 5.89 Å². The molecule has 2 aromatic carbocycles. The number of rotatable bonds is 7. The Morgan fingerprint density at radius 3 is 2.73 bits per heavy atom. The molecule has 134 valence electrons. The summed E-state index contributed by atoms with van der Waals surface area (Å²) in [6, 6.07) is 15.2. The Hall–Kier alpha value is -2.31. The number of benzene rings is 2. The zero-order chi connectivity index (χ0) is 18.4. The summed E-state index contributed by atoms with van der Waals surface area (Å²) in [5.41, 5.74) is 1.95. The Kier molecular flexibility index (Phi) is 6.30. The molecule has 0 atom stereocenters. The highest BCUT2D eigenvalue weighted by atomic mass is 35.5. The van der Waals surface area contributed by atoms with Crippen LogP contribution in [0.5, 0.6) is 0 Å². The van der Waals surface area contributed by atoms with Crippen LogP contribution in [-0.4, -0.2) is 21.9 Å². The Morgan fingerprint density at radius 1 is 1.19 bits per heavy atom.